The molecule has 1 N–H and O–H groups in total. The maximum absolute atomic E-state index is 13.4. The van der Waals surface area contributed by atoms with Crippen LogP contribution in [0.5, 0.6) is 5.75 Å². The molecule has 168 valence electrons. The summed E-state index contributed by atoms with van der Waals surface area (Å²) in [5.41, 5.74) is 0.217. The minimum absolute atomic E-state index is 0.0848. The van der Waals surface area contributed by atoms with E-state index < -0.39 is 10.0 Å². The van der Waals surface area contributed by atoms with E-state index in [9.17, 15) is 13.2 Å². The summed E-state index contributed by atoms with van der Waals surface area (Å²) in [6, 6.07) is 12.7. The molecule has 31 heavy (non-hydrogen) atoms. The number of carbonyl (C=O) groups is 1. The zero-order valence-corrected chi connectivity index (χ0v) is 19.8. The number of ether oxygens (including phenoxy) is 1. The lowest BCUT2D eigenvalue weighted by Crippen LogP contribution is -2.41. The van der Waals surface area contributed by atoms with Crippen LogP contribution in [-0.2, 0) is 14.8 Å². The maximum Gasteiger partial charge on any atom is 0.264 e. The summed E-state index contributed by atoms with van der Waals surface area (Å²) in [6.07, 6.45) is 5.02. The van der Waals surface area contributed by atoms with Crippen molar-refractivity contribution in [3.63, 3.8) is 0 Å². The van der Waals surface area contributed by atoms with Crippen molar-refractivity contribution in [3.8, 4) is 5.75 Å². The lowest BCUT2D eigenvalue weighted by Gasteiger charge is -2.26. The molecule has 1 aliphatic carbocycles. The highest BCUT2D eigenvalue weighted by Gasteiger charge is 2.29. The summed E-state index contributed by atoms with van der Waals surface area (Å²) in [6.45, 7) is 0.119. The number of rotatable bonds is 10. The molecular formula is C22H27ClN2O4S2. The molecule has 6 nitrogen and oxygen atoms in total. The molecule has 2 aromatic rings. The maximum atomic E-state index is 13.4. The van der Waals surface area contributed by atoms with E-state index in [4.69, 9.17) is 16.3 Å². The second-order valence-electron chi connectivity index (χ2n) is 7.27. The summed E-state index contributed by atoms with van der Waals surface area (Å²) < 4.78 is 33.2. The highest BCUT2D eigenvalue weighted by molar-refractivity contribution is 7.99. The summed E-state index contributed by atoms with van der Waals surface area (Å²) in [5.74, 6) is 0.740. The van der Waals surface area contributed by atoms with Gasteiger partial charge in [0.15, 0.2) is 0 Å². The first-order valence-corrected chi connectivity index (χ1v) is 13.1. The van der Waals surface area contributed by atoms with Gasteiger partial charge in [0.2, 0.25) is 5.91 Å². The lowest BCUT2D eigenvalue weighted by molar-refractivity contribution is -0.119. The molecule has 0 heterocycles. The second kappa shape index (κ2) is 11.1. The van der Waals surface area contributed by atoms with Gasteiger partial charge in [0.1, 0.15) is 12.3 Å². The van der Waals surface area contributed by atoms with Crippen molar-refractivity contribution in [1.29, 1.82) is 0 Å². The fraction of sp³-hybridized carbons (Fsp3) is 0.409. The summed E-state index contributed by atoms with van der Waals surface area (Å²) in [4.78, 5) is 12.8. The van der Waals surface area contributed by atoms with E-state index in [-0.39, 0.29) is 23.0 Å². The topological polar surface area (TPSA) is 75.7 Å². The highest BCUT2D eigenvalue weighted by Crippen LogP contribution is 2.34. The molecule has 0 atom stereocenters. The predicted octanol–water partition coefficient (Wildman–Crippen LogP) is 4.34. The van der Waals surface area contributed by atoms with Crippen molar-refractivity contribution in [2.75, 3.05) is 30.3 Å². The van der Waals surface area contributed by atoms with Crippen LogP contribution in [-0.4, -0.2) is 45.5 Å². The largest absolute Gasteiger partial charge is 0.495 e. The van der Waals surface area contributed by atoms with Crippen LogP contribution < -0.4 is 14.4 Å². The van der Waals surface area contributed by atoms with Gasteiger partial charge in [-0.15, -0.1) is 0 Å². The molecule has 0 bridgehead atoms. The zero-order valence-electron chi connectivity index (χ0n) is 17.4. The average Bonchev–Trinajstić information content (AvgIpc) is 3.29. The first kappa shape index (κ1) is 23.8. The van der Waals surface area contributed by atoms with Crippen molar-refractivity contribution in [3.05, 3.63) is 53.6 Å². The van der Waals surface area contributed by atoms with E-state index in [0.717, 1.165) is 10.1 Å². The smallest absolute Gasteiger partial charge is 0.264 e. The van der Waals surface area contributed by atoms with Gasteiger partial charge in [-0.05, 0) is 43.2 Å². The molecule has 1 amide bonds. The number of halogens is 1. The Balaban J connectivity index is 1.78. The zero-order chi connectivity index (χ0) is 22.3. The summed E-state index contributed by atoms with van der Waals surface area (Å²) in [5, 5.41) is 3.86. The van der Waals surface area contributed by atoms with Gasteiger partial charge in [-0.25, -0.2) is 8.42 Å². The van der Waals surface area contributed by atoms with E-state index in [1.54, 1.807) is 30.3 Å². The summed E-state index contributed by atoms with van der Waals surface area (Å²) in [7, 11) is -2.57. The van der Waals surface area contributed by atoms with Crippen molar-refractivity contribution in [1.82, 2.24) is 5.32 Å². The molecule has 9 heteroatoms. The first-order valence-electron chi connectivity index (χ1n) is 10.2. The molecule has 0 aliphatic heterocycles. The van der Waals surface area contributed by atoms with Crippen molar-refractivity contribution in [2.24, 2.45) is 0 Å². The Bertz CT molecular complexity index is 980. The molecule has 1 fully saturated rings. The Kier molecular flexibility index (Phi) is 8.51. The number of nitrogens with zero attached hydrogens (tertiary/aromatic N) is 1. The van der Waals surface area contributed by atoms with Gasteiger partial charge in [0.25, 0.3) is 10.0 Å². The molecule has 1 aliphatic rings. The number of anilines is 1. The van der Waals surface area contributed by atoms with Crippen LogP contribution in [0, 0.1) is 0 Å². The quantitative estimate of drug-likeness (QED) is 0.510. The molecule has 0 radical (unpaired) electrons. The molecule has 0 saturated heterocycles. The van der Waals surface area contributed by atoms with Gasteiger partial charge in [-0.3, -0.25) is 9.10 Å². The number of amides is 1. The third kappa shape index (κ3) is 6.30. The number of hydrogen-bond donors (Lipinski definition) is 1. The normalized spacial score (nSPS) is 14.4. The monoisotopic (exact) mass is 482 g/mol. The number of benzene rings is 2. The minimum Gasteiger partial charge on any atom is -0.495 e. The van der Waals surface area contributed by atoms with Crippen LogP contribution in [0.25, 0.3) is 0 Å². The number of nitrogens with one attached hydrogen (secondary N) is 1. The molecular weight excluding hydrogens is 456 g/mol. The summed E-state index contributed by atoms with van der Waals surface area (Å²) >= 11 is 8.00. The highest BCUT2D eigenvalue weighted by atomic mass is 35.5. The van der Waals surface area contributed by atoms with Crippen LogP contribution in [0.4, 0.5) is 5.69 Å². The standard InChI is InChI=1S/C22H27ClN2O4S2/c1-29-21-12-11-17(23)15-20(21)25(31(27,28)19-9-3-2-4-10-19)16-22(26)24-13-14-30-18-7-5-6-8-18/h2-4,9-12,15,18H,5-8,13-14,16H2,1H3,(H,24,26). The van der Waals surface area contributed by atoms with E-state index >= 15 is 0 Å². The van der Waals surface area contributed by atoms with Gasteiger partial charge in [0, 0.05) is 22.6 Å². The number of methoxy groups -OCH3 is 1. The van der Waals surface area contributed by atoms with Gasteiger partial charge < -0.3 is 10.1 Å². The van der Waals surface area contributed by atoms with Crippen LogP contribution in [0.2, 0.25) is 5.02 Å². The molecule has 0 aromatic heterocycles. The Morgan fingerprint density at radius 3 is 2.58 bits per heavy atom. The van der Waals surface area contributed by atoms with E-state index in [1.807, 2.05) is 11.8 Å². The van der Waals surface area contributed by atoms with Gasteiger partial charge >= 0.3 is 0 Å². The first-order chi connectivity index (χ1) is 14.9. The number of sulfonamides is 1. The molecule has 1 saturated carbocycles. The molecule has 0 spiro atoms. The van der Waals surface area contributed by atoms with Crippen LogP contribution in [0.15, 0.2) is 53.4 Å². The Labute approximate surface area is 193 Å². The van der Waals surface area contributed by atoms with Crippen LogP contribution in [0.3, 0.4) is 0 Å². The minimum atomic E-state index is -4.01. The van der Waals surface area contributed by atoms with Crippen LogP contribution in [0.1, 0.15) is 25.7 Å². The van der Waals surface area contributed by atoms with E-state index in [0.29, 0.717) is 22.6 Å². The predicted molar refractivity (Wildman–Crippen MR) is 127 cm³/mol. The third-order valence-corrected chi connectivity index (χ3v) is 8.50. The van der Waals surface area contributed by atoms with E-state index in [2.05, 4.69) is 5.32 Å². The molecule has 2 aromatic carbocycles. The molecule has 3 rings (SSSR count). The average molecular weight is 483 g/mol. The Morgan fingerprint density at radius 1 is 1.19 bits per heavy atom. The fourth-order valence-electron chi connectivity index (χ4n) is 3.53. The van der Waals surface area contributed by atoms with Gasteiger partial charge in [-0.1, -0.05) is 42.6 Å². The second-order valence-corrected chi connectivity index (χ2v) is 11.0. The lowest BCUT2D eigenvalue weighted by atomic mass is 10.3. The molecule has 0 unspecified atom stereocenters. The van der Waals surface area contributed by atoms with Crippen LogP contribution >= 0.6 is 23.4 Å². The van der Waals surface area contributed by atoms with Gasteiger partial charge in [-0.2, -0.15) is 11.8 Å². The number of hydrogen-bond acceptors (Lipinski definition) is 5. The van der Waals surface area contributed by atoms with Gasteiger partial charge in [0.05, 0.1) is 17.7 Å². The SMILES string of the molecule is COc1ccc(Cl)cc1N(CC(=O)NCCSC1CCCC1)S(=O)(=O)c1ccccc1. The fourth-order valence-corrected chi connectivity index (χ4v) is 6.37. The van der Waals surface area contributed by atoms with E-state index in [1.165, 1.54) is 51.0 Å². The Morgan fingerprint density at radius 2 is 1.90 bits per heavy atom. The van der Waals surface area contributed by atoms with Crippen molar-refractivity contribution < 1.29 is 17.9 Å². The number of thioether (sulfide) groups is 1. The third-order valence-electron chi connectivity index (χ3n) is 5.11. The van der Waals surface area contributed by atoms with Crippen molar-refractivity contribution >= 4 is 45.0 Å². The Hall–Kier alpha value is -1.90. The van der Waals surface area contributed by atoms with Crippen molar-refractivity contribution in [2.45, 2.75) is 35.8 Å². The number of carbonyl (C=O) groups excluding carboxylic acids is 1.